The Morgan fingerprint density at radius 1 is 1.29 bits per heavy atom. The van der Waals surface area contributed by atoms with Gasteiger partial charge >= 0.3 is 6.18 Å². The molecule has 0 spiro atoms. The second kappa shape index (κ2) is 9.73. The number of likely N-dealkylation sites (tertiary alicyclic amines) is 1. The SMILES string of the molecule is Cc1cc(N[C@@H](C)C(F)(F)F)ncc1-c1sc(C(=O)N[C@@H]2CC[C@@H]2O)nc1C(=O)N1CCC[C@@H]1C. The minimum Gasteiger partial charge on any atom is -0.391 e. The molecule has 0 radical (unpaired) electrons. The standard InChI is InChI=1S/C23H28F3N5O3S/c1-11-9-17(28-13(3)23(24,25)26)27-10-14(11)19-18(22(34)31-8-4-5-12(31)2)30-21(35-19)20(33)29-15-6-7-16(15)32/h9-10,12-13,15-16,32H,4-8H2,1-3H3,(H,27,28)(H,29,33)/t12-,13-,15+,16-/m0/s1. The van der Waals surface area contributed by atoms with Gasteiger partial charge in [0, 0.05) is 24.3 Å². The number of amides is 2. The molecular formula is C23H28F3N5O3S. The molecule has 3 heterocycles. The van der Waals surface area contributed by atoms with E-state index in [0.29, 0.717) is 35.4 Å². The molecule has 4 rings (SSSR count). The van der Waals surface area contributed by atoms with Crippen molar-refractivity contribution in [2.24, 2.45) is 0 Å². The van der Waals surface area contributed by atoms with Crippen molar-refractivity contribution in [3.8, 4) is 10.4 Å². The van der Waals surface area contributed by atoms with Crippen LogP contribution in [0.4, 0.5) is 19.0 Å². The first-order chi connectivity index (χ1) is 16.5. The van der Waals surface area contributed by atoms with Crippen LogP contribution in [0.5, 0.6) is 0 Å². The number of aromatic nitrogens is 2. The number of alkyl halides is 3. The molecule has 35 heavy (non-hydrogen) atoms. The number of thiazole rings is 1. The zero-order valence-electron chi connectivity index (χ0n) is 19.6. The van der Waals surface area contributed by atoms with Gasteiger partial charge in [-0.05, 0) is 58.1 Å². The lowest BCUT2D eigenvalue weighted by molar-refractivity contribution is -0.138. The number of nitrogens with zero attached hydrogens (tertiary/aromatic N) is 3. The summed E-state index contributed by atoms with van der Waals surface area (Å²) in [6, 6.07) is -0.616. The van der Waals surface area contributed by atoms with E-state index in [9.17, 15) is 27.9 Å². The third-order valence-electron chi connectivity index (χ3n) is 6.60. The molecule has 190 valence electrons. The Morgan fingerprint density at radius 3 is 2.57 bits per heavy atom. The van der Waals surface area contributed by atoms with Crippen LogP contribution in [-0.2, 0) is 0 Å². The van der Waals surface area contributed by atoms with Gasteiger partial charge < -0.3 is 20.6 Å². The summed E-state index contributed by atoms with van der Waals surface area (Å²) < 4.78 is 38.8. The van der Waals surface area contributed by atoms with Crippen molar-refractivity contribution >= 4 is 29.0 Å². The maximum atomic E-state index is 13.4. The van der Waals surface area contributed by atoms with Crippen molar-refractivity contribution in [3.05, 3.63) is 28.5 Å². The summed E-state index contributed by atoms with van der Waals surface area (Å²) in [5.74, 6) is -0.716. The predicted molar refractivity (Wildman–Crippen MR) is 125 cm³/mol. The predicted octanol–water partition coefficient (Wildman–Crippen LogP) is 3.75. The fraction of sp³-hybridized carbons (Fsp3) is 0.565. The first-order valence-corrected chi connectivity index (χ1v) is 12.4. The van der Waals surface area contributed by atoms with E-state index in [1.54, 1.807) is 11.8 Å². The molecule has 1 saturated carbocycles. The number of aryl methyl sites for hydroxylation is 1. The van der Waals surface area contributed by atoms with Crippen LogP contribution in [0.3, 0.4) is 0 Å². The van der Waals surface area contributed by atoms with Crippen LogP contribution in [0.2, 0.25) is 0 Å². The zero-order chi connectivity index (χ0) is 25.5. The average Bonchev–Trinajstić information content (AvgIpc) is 3.42. The van der Waals surface area contributed by atoms with E-state index in [0.717, 1.165) is 31.1 Å². The molecule has 8 nitrogen and oxygen atoms in total. The van der Waals surface area contributed by atoms with E-state index in [-0.39, 0.29) is 34.5 Å². The molecule has 3 N–H and O–H groups in total. The Hall–Kier alpha value is -2.73. The Bertz CT molecular complexity index is 1120. The number of anilines is 1. The van der Waals surface area contributed by atoms with Gasteiger partial charge in [0.15, 0.2) is 5.01 Å². The number of nitrogens with one attached hydrogen (secondary N) is 2. The van der Waals surface area contributed by atoms with Crippen LogP contribution >= 0.6 is 11.3 Å². The molecule has 4 atom stereocenters. The molecule has 0 unspecified atom stereocenters. The number of hydrogen-bond donors (Lipinski definition) is 3. The van der Waals surface area contributed by atoms with Gasteiger partial charge in [-0.3, -0.25) is 9.59 Å². The summed E-state index contributed by atoms with van der Waals surface area (Å²) in [7, 11) is 0. The van der Waals surface area contributed by atoms with Gasteiger partial charge in [0.2, 0.25) is 0 Å². The van der Waals surface area contributed by atoms with Gasteiger partial charge in [-0.2, -0.15) is 13.2 Å². The maximum absolute atomic E-state index is 13.4. The summed E-state index contributed by atoms with van der Waals surface area (Å²) in [5, 5.41) is 15.0. The van der Waals surface area contributed by atoms with Crippen LogP contribution in [0.1, 0.15) is 65.4 Å². The average molecular weight is 512 g/mol. The van der Waals surface area contributed by atoms with Crippen molar-refractivity contribution in [2.75, 3.05) is 11.9 Å². The normalized spacial score (nSPS) is 23.1. The third-order valence-corrected chi connectivity index (χ3v) is 7.69. The van der Waals surface area contributed by atoms with Gasteiger partial charge in [0.25, 0.3) is 11.8 Å². The van der Waals surface area contributed by atoms with Gasteiger partial charge in [0.1, 0.15) is 17.6 Å². The van der Waals surface area contributed by atoms with Crippen molar-refractivity contribution in [1.82, 2.24) is 20.2 Å². The molecule has 0 aromatic carbocycles. The number of carbonyl (C=O) groups is 2. The monoisotopic (exact) mass is 511 g/mol. The van der Waals surface area contributed by atoms with Crippen molar-refractivity contribution in [2.45, 2.75) is 76.9 Å². The molecule has 1 aliphatic heterocycles. The summed E-state index contributed by atoms with van der Waals surface area (Å²) in [6.45, 7) is 5.25. The zero-order valence-corrected chi connectivity index (χ0v) is 20.5. The van der Waals surface area contributed by atoms with E-state index in [1.807, 2.05) is 6.92 Å². The third kappa shape index (κ3) is 5.27. The molecule has 1 saturated heterocycles. The first kappa shape index (κ1) is 25.4. The fourth-order valence-electron chi connectivity index (χ4n) is 4.17. The van der Waals surface area contributed by atoms with Crippen LogP contribution in [0.25, 0.3) is 10.4 Å². The lowest BCUT2D eigenvalue weighted by Crippen LogP contribution is -2.50. The van der Waals surface area contributed by atoms with Crippen LogP contribution in [0.15, 0.2) is 12.3 Å². The Balaban J connectivity index is 1.67. The van der Waals surface area contributed by atoms with Crippen LogP contribution in [-0.4, -0.2) is 68.7 Å². The Labute approximate surface area is 205 Å². The molecule has 1 aliphatic carbocycles. The molecule has 0 bridgehead atoms. The second-order valence-corrected chi connectivity index (χ2v) is 10.2. The van der Waals surface area contributed by atoms with E-state index in [1.165, 1.54) is 12.3 Å². The summed E-state index contributed by atoms with van der Waals surface area (Å²) in [5.41, 5.74) is 1.23. The molecule has 2 fully saturated rings. The van der Waals surface area contributed by atoms with E-state index < -0.39 is 24.2 Å². The van der Waals surface area contributed by atoms with Gasteiger partial charge in [-0.1, -0.05) is 0 Å². The number of pyridine rings is 1. The number of hydrogen-bond acceptors (Lipinski definition) is 7. The van der Waals surface area contributed by atoms with Crippen LogP contribution < -0.4 is 10.6 Å². The number of carbonyl (C=O) groups excluding carboxylic acids is 2. The first-order valence-electron chi connectivity index (χ1n) is 11.6. The number of aliphatic hydroxyl groups is 1. The molecular weight excluding hydrogens is 483 g/mol. The van der Waals surface area contributed by atoms with E-state index in [4.69, 9.17) is 0 Å². The lowest BCUT2D eigenvalue weighted by atomic mass is 9.89. The number of halogens is 3. The van der Waals surface area contributed by atoms with Gasteiger partial charge in [-0.25, -0.2) is 9.97 Å². The summed E-state index contributed by atoms with van der Waals surface area (Å²) in [4.78, 5) is 36.9. The van der Waals surface area contributed by atoms with E-state index in [2.05, 4.69) is 20.6 Å². The van der Waals surface area contributed by atoms with Crippen molar-refractivity contribution in [3.63, 3.8) is 0 Å². The molecule has 2 aromatic rings. The molecule has 2 amide bonds. The highest BCUT2D eigenvalue weighted by molar-refractivity contribution is 7.17. The highest BCUT2D eigenvalue weighted by Gasteiger charge is 2.37. The van der Waals surface area contributed by atoms with E-state index >= 15 is 0 Å². The largest absolute Gasteiger partial charge is 0.408 e. The number of aliphatic hydroxyl groups excluding tert-OH is 1. The maximum Gasteiger partial charge on any atom is 0.408 e. The molecule has 2 aromatic heterocycles. The highest BCUT2D eigenvalue weighted by atomic mass is 32.1. The summed E-state index contributed by atoms with van der Waals surface area (Å²) >= 11 is 1.03. The Morgan fingerprint density at radius 2 is 2.03 bits per heavy atom. The topological polar surface area (TPSA) is 107 Å². The van der Waals surface area contributed by atoms with Gasteiger partial charge in [0.05, 0.1) is 17.0 Å². The minimum absolute atomic E-state index is 0.0362. The number of rotatable bonds is 6. The second-order valence-electron chi connectivity index (χ2n) is 9.20. The smallest absolute Gasteiger partial charge is 0.391 e. The summed E-state index contributed by atoms with van der Waals surface area (Å²) in [6.07, 6.45) is -0.604. The highest BCUT2D eigenvalue weighted by Crippen LogP contribution is 2.36. The fourth-order valence-corrected chi connectivity index (χ4v) is 5.21. The van der Waals surface area contributed by atoms with Crippen LogP contribution in [0, 0.1) is 6.92 Å². The molecule has 12 heteroatoms. The lowest BCUT2D eigenvalue weighted by Gasteiger charge is -2.32. The quantitative estimate of drug-likeness (QED) is 0.545. The Kier molecular flexibility index (Phi) is 7.05. The molecule has 2 aliphatic rings. The van der Waals surface area contributed by atoms with Gasteiger partial charge in [-0.15, -0.1) is 11.3 Å². The minimum atomic E-state index is -4.42. The van der Waals surface area contributed by atoms with Crippen molar-refractivity contribution in [1.29, 1.82) is 0 Å². The van der Waals surface area contributed by atoms with Crippen molar-refractivity contribution < 1.29 is 27.9 Å².